The van der Waals surface area contributed by atoms with Crippen molar-refractivity contribution in [1.29, 1.82) is 0 Å². The maximum Gasteiger partial charge on any atom is 0.345 e. The highest BCUT2D eigenvalue weighted by molar-refractivity contribution is 7.89. The van der Waals surface area contributed by atoms with Gasteiger partial charge >= 0.3 is 5.97 Å². The van der Waals surface area contributed by atoms with Gasteiger partial charge in [-0.05, 0) is 156 Å². The molecule has 3 saturated carbocycles. The molecule has 1 heterocycles. The summed E-state index contributed by atoms with van der Waals surface area (Å²) < 4.78 is 79.8. The maximum absolute atomic E-state index is 14.8. The summed E-state index contributed by atoms with van der Waals surface area (Å²) in [5.41, 5.74) is 4.14. The van der Waals surface area contributed by atoms with Crippen molar-refractivity contribution < 1.29 is 73.2 Å². The number of hydrogen-bond donors (Lipinski definition) is 4. The Morgan fingerprint density at radius 1 is 0.716 bits per heavy atom. The molecule has 95 heavy (non-hydrogen) atoms. The number of quaternary nitrogens is 2. The number of unbranched alkanes of at least 4 members (excludes halogenated alkanes) is 1. The number of carbonyl (C=O) groups excluding carboxylic acids is 6. The number of aromatic nitrogens is 1. The number of fused-ring (bicyclic) bond motifs is 7. The molecule has 4 aliphatic carbocycles. The Labute approximate surface area is 564 Å². The topological polar surface area (TPSA) is 264 Å². The molecule has 0 bridgehead atoms. The molecule has 522 valence electrons. The Morgan fingerprint density at radius 2 is 1.37 bits per heavy atom. The van der Waals surface area contributed by atoms with E-state index in [-0.39, 0.29) is 77.9 Å². The summed E-state index contributed by atoms with van der Waals surface area (Å²) in [7, 11) is -1.83. The molecular weight excluding hydrogens is 1250 g/mol. The smallest absolute Gasteiger partial charge is 0.345 e. The lowest BCUT2D eigenvalue weighted by Crippen LogP contribution is -2.54. The lowest BCUT2D eigenvalue weighted by atomic mass is 9.45. The van der Waals surface area contributed by atoms with Crippen molar-refractivity contribution in [2.45, 2.75) is 170 Å². The second-order valence-electron chi connectivity index (χ2n) is 29.5. The molecule has 22 heteroatoms. The number of para-hydroxylation sites is 1. The zero-order chi connectivity index (χ0) is 69.1. The van der Waals surface area contributed by atoms with Crippen molar-refractivity contribution in [2.75, 3.05) is 91.6 Å². The van der Waals surface area contributed by atoms with E-state index in [0.29, 0.717) is 169 Å². The average Bonchev–Trinajstić information content (AvgIpc) is 1.61. The van der Waals surface area contributed by atoms with E-state index in [1.165, 1.54) is 5.57 Å². The molecule has 0 aliphatic heterocycles. The number of carbonyl (C=O) groups is 6. The number of aryl methyl sites for hydroxylation is 3. The number of likely N-dealkylation sites (N-methyl/N-ethyl adjacent to an activating group) is 1. The van der Waals surface area contributed by atoms with E-state index in [4.69, 9.17) is 9.47 Å². The Kier molecular flexibility index (Phi) is 25.1. The number of pyridine rings is 1. The zero-order valence-electron chi connectivity index (χ0n) is 58.1. The fraction of sp³-hybridized carbons (Fsp3) is 0.630. The number of ether oxygens (including phenoxy) is 2. The number of ketones is 2. The maximum atomic E-state index is 14.8. The largest absolute Gasteiger partial charge is 0.748 e. The van der Waals surface area contributed by atoms with Crippen LogP contribution >= 0.6 is 0 Å². The molecule has 5 unspecified atom stereocenters. The molecule has 7 atom stereocenters. The van der Waals surface area contributed by atoms with Gasteiger partial charge in [-0.15, -0.1) is 0 Å². The molecular formula is C73H107N7O13S2+2. The highest BCUT2D eigenvalue weighted by atomic mass is 32.2. The third kappa shape index (κ3) is 19.4. The Balaban J connectivity index is 0.816. The van der Waals surface area contributed by atoms with Gasteiger partial charge in [0.2, 0.25) is 32.9 Å². The number of Topliss-reactive ketones (excluding diaryl/α,β-unsaturated/α-hetero) is 1. The summed E-state index contributed by atoms with van der Waals surface area (Å²) in [6.45, 7) is 19.0. The number of hydrogen-bond acceptors (Lipinski definition) is 13. The van der Waals surface area contributed by atoms with Crippen LogP contribution in [0, 0.1) is 48.3 Å². The Hall–Kier alpha value is -6.17. The van der Waals surface area contributed by atoms with Gasteiger partial charge < -0.3 is 38.9 Å². The lowest BCUT2D eigenvalue weighted by molar-refractivity contribution is -0.909. The van der Waals surface area contributed by atoms with Crippen LogP contribution in [0.3, 0.4) is 0 Å². The summed E-state index contributed by atoms with van der Waals surface area (Å²) in [5.74, 6) is 0.986. The molecule has 8 rings (SSSR count). The van der Waals surface area contributed by atoms with Crippen LogP contribution in [0.25, 0.3) is 21.8 Å². The molecule has 1 aromatic heterocycles. The van der Waals surface area contributed by atoms with Crippen molar-refractivity contribution >= 4 is 77.2 Å². The molecule has 4 N–H and O–H groups in total. The van der Waals surface area contributed by atoms with Gasteiger partial charge in [-0.25, -0.2) is 26.4 Å². The number of nitrogens with zero attached hydrogens (tertiary/aromatic N) is 3. The number of allylic oxidation sites excluding steroid dienone is 1. The summed E-state index contributed by atoms with van der Waals surface area (Å²) in [6, 6.07) is 16.4. The van der Waals surface area contributed by atoms with Crippen LogP contribution in [0.15, 0.2) is 66.2 Å². The first kappa shape index (κ1) is 74.6. The highest BCUT2D eigenvalue weighted by Gasteiger charge is 2.61. The van der Waals surface area contributed by atoms with Crippen LogP contribution in [-0.4, -0.2) is 163 Å². The van der Waals surface area contributed by atoms with Crippen LogP contribution < -0.4 is 34.7 Å². The second-order valence-corrected chi connectivity index (χ2v) is 32.9. The molecule has 3 fully saturated rings. The van der Waals surface area contributed by atoms with Gasteiger partial charge in [-0.3, -0.25) is 24.0 Å². The van der Waals surface area contributed by atoms with Crippen LogP contribution in [0.4, 0.5) is 0 Å². The molecule has 3 amide bonds. The van der Waals surface area contributed by atoms with Crippen molar-refractivity contribution in [2.24, 2.45) is 34.5 Å². The first-order chi connectivity index (χ1) is 44.8. The highest BCUT2D eigenvalue weighted by Crippen LogP contribution is 2.66. The van der Waals surface area contributed by atoms with Gasteiger partial charge in [-0.1, -0.05) is 44.9 Å². The van der Waals surface area contributed by atoms with Crippen molar-refractivity contribution in [3.05, 3.63) is 88.5 Å². The van der Waals surface area contributed by atoms with E-state index in [2.05, 4.69) is 55.5 Å². The molecule has 20 nitrogen and oxygen atoms in total. The number of benzene rings is 3. The first-order valence-corrected chi connectivity index (χ1v) is 38.1. The van der Waals surface area contributed by atoms with Gasteiger partial charge in [0.05, 0.1) is 98.7 Å². The number of esters is 1. The standard InChI is InChI=1S/C73H105N7O13S2/c1-11-12-38-79(8,9)42-36-77-94(87,88)43-18-37-78-62-21-14-13-20-58(62)68(59-49-57(92-50(2)3)24-26-63(59)78)71(86)93-69-51(4)45-54(46-52(69)5)70(85)76-34-17-40-80(10,41-19-44-95(89,90)91)39-16-33-74-65(83)22-15-23-66(84)75-35-30-53-47-55-48-56(81)28-31-72(55,6)61-29-32-73(7)60(67(53)61)25-27-64(73)82/h13-14,20-21,24,26,45-46,48-50,53,60-61,67,77H,11-12,15-19,22-23,25,27-44,47H2,1-10H3,(H-3,74,75,76,83,84,85,89,90,91)/p+2/t53?,60?,61?,67?,72-,73-,80?/m0/s1. The van der Waals surface area contributed by atoms with Gasteiger partial charge in [0.1, 0.15) is 17.3 Å². The number of nitrogens with one attached hydrogen (secondary N) is 4. The van der Waals surface area contributed by atoms with Crippen molar-refractivity contribution in [3.8, 4) is 11.5 Å². The fourth-order valence-electron chi connectivity index (χ4n) is 16.2. The monoisotopic (exact) mass is 1350 g/mol. The number of rotatable bonds is 35. The third-order valence-electron chi connectivity index (χ3n) is 21.4. The van der Waals surface area contributed by atoms with Gasteiger partial charge in [0, 0.05) is 99.9 Å². The summed E-state index contributed by atoms with van der Waals surface area (Å²) in [4.78, 5) is 80.5. The third-order valence-corrected chi connectivity index (χ3v) is 23.6. The number of amides is 3. The summed E-state index contributed by atoms with van der Waals surface area (Å²) in [5, 5.41) is 10.2. The minimum Gasteiger partial charge on any atom is -0.748 e. The van der Waals surface area contributed by atoms with E-state index in [1.54, 1.807) is 26.0 Å². The van der Waals surface area contributed by atoms with Crippen LogP contribution in [-0.2, 0) is 45.9 Å². The minimum absolute atomic E-state index is 0.0236. The molecule has 4 aliphatic rings. The molecule has 0 radical (unpaired) electrons. The molecule has 0 spiro atoms. The summed E-state index contributed by atoms with van der Waals surface area (Å²) in [6.07, 6.45) is 12.7. The van der Waals surface area contributed by atoms with Crippen molar-refractivity contribution in [3.63, 3.8) is 0 Å². The normalized spacial score (nSPS) is 22.0. The van der Waals surface area contributed by atoms with Gasteiger partial charge in [0.15, 0.2) is 12.3 Å². The predicted molar refractivity (Wildman–Crippen MR) is 368 cm³/mol. The second kappa shape index (κ2) is 32.0. The SMILES string of the molecule is CCCC[N+](C)(C)CCNS(=O)(=O)CCC[n+]1c2ccccc2c(C(=O)Oc2c(C)cc(C(=O)NCCC[N+](C)(CCCNC(=O)CCCC(=O)NCCC3CC4=CC(=O)CC[C@]4(C)C4CC[C@]5(C)C(=O)CCC5C34)CCCS(=O)(=O)[O-])cc2C)c2cc(OC(C)C)ccc21. The van der Waals surface area contributed by atoms with E-state index in [0.717, 1.165) is 67.9 Å². The quantitative estimate of drug-likeness (QED) is 0.00638. The van der Waals surface area contributed by atoms with Crippen LogP contribution in [0.5, 0.6) is 11.5 Å². The predicted octanol–water partition coefficient (Wildman–Crippen LogP) is 9.10. The van der Waals surface area contributed by atoms with Crippen molar-refractivity contribution in [1.82, 2.24) is 20.7 Å². The summed E-state index contributed by atoms with van der Waals surface area (Å²) >= 11 is 0. The number of sulfonamides is 1. The lowest BCUT2D eigenvalue weighted by Gasteiger charge is -2.59. The molecule has 4 aromatic rings. The van der Waals surface area contributed by atoms with E-state index < -0.39 is 31.9 Å². The van der Waals surface area contributed by atoms with E-state index in [1.807, 2.05) is 74.0 Å². The van der Waals surface area contributed by atoms with Crippen LogP contribution in [0.1, 0.15) is 176 Å². The fourth-order valence-corrected chi connectivity index (χ4v) is 17.7. The van der Waals surface area contributed by atoms with Gasteiger partial charge in [0.25, 0.3) is 5.91 Å². The first-order valence-electron chi connectivity index (χ1n) is 34.9. The van der Waals surface area contributed by atoms with E-state index >= 15 is 0 Å². The Morgan fingerprint density at radius 3 is 2.05 bits per heavy atom. The minimum atomic E-state index is -4.44. The van der Waals surface area contributed by atoms with Crippen LogP contribution in [0.2, 0.25) is 0 Å². The zero-order valence-corrected chi connectivity index (χ0v) is 59.8. The average molecular weight is 1350 g/mol. The molecule has 0 saturated heterocycles. The Bertz CT molecular complexity index is 3720. The van der Waals surface area contributed by atoms with E-state index in [9.17, 15) is 50.2 Å². The molecule has 3 aromatic carbocycles. The van der Waals surface area contributed by atoms with Gasteiger partial charge in [-0.2, -0.15) is 4.57 Å².